The van der Waals surface area contributed by atoms with Crippen LogP contribution in [0.15, 0.2) is 24.3 Å². The Morgan fingerprint density at radius 3 is 2.50 bits per heavy atom. The summed E-state index contributed by atoms with van der Waals surface area (Å²) in [6, 6.07) is 9.38. The maximum Gasteiger partial charge on any atom is 0.414 e. The van der Waals surface area contributed by atoms with Gasteiger partial charge in [0.05, 0.1) is 7.11 Å². The average Bonchev–Trinajstić information content (AvgIpc) is 2.97. The molecule has 4 atom stereocenters. The lowest BCUT2D eigenvalue weighted by Crippen LogP contribution is -2.28. The third-order valence-corrected chi connectivity index (χ3v) is 5.14. The minimum atomic E-state index is -1.82. The molecule has 6 nitrogen and oxygen atoms in total. The van der Waals surface area contributed by atoms with Gasteiger partial charge in [0, 0.05) is 6.04 Å². The van der Waals surface area contributed by atoms with E-state index in [9.17, 15) is 0 Å². The second kappa shape index (κ2) is 8.15. The Labute approximate surface area is 141 Å². The number of fused-ring (bicyclic) bond motifs is 1. The molecular formula is C18H25NO5. The first-order chi connectivity index (χ1) is 11.4. The standard InChI is InChI=1S/C16H23NO.C2H2O4/c1-11-14-7-4-8-15(16(14)10-17-11)12-5-3-6-13(9-12)18-2;3-1(4)2(5)6/h3,5-6,9,11,14-17H,4,7-8,10H2,1-2H3;(H,3,4)(H,5,6)/t11?,14-,15+,16+;/m1./s1. The Balaban J connectivity index is 0.000000301. The zero-order valence-electron chi connectivity index (χ0n) is 14.1. The summed E-state index contributed by atoms with van der Waals surface area (Å²) < 4.78 is 5.36. The van der Waals surface area contributed by atoms with Crippen molar-refractivity contribution in [3.8, 4) is 5.75 Å². The predicted octanol–water partition coefficient (Wildman–Crippen LogP) is 2.34. The topological polar surface area (TPSA) is 95.9 Å². The van der Waals surface area contributed by atoms with Gasteiger partial charge in [-0.1, -0.05) is 18.6 Å². The van der Waals surface area contributed by atoms with Crippen LogP contribution in [0.4, 0.5) is 0 Å². The van der Waals surface area contributed by atoms with E-state index in [0.29, 0.717) is 6.04 Å². The summed E-state index contributed by atoms with van der Waals surface area (Å²) in [5, 5.41) is 18.4. The van der Waals surface area contributed by atoms with Crippen LogP contribution in [0.5, 0.6) is 5.75 Å². The molecule has 24 heavy (non-hydrogen) atoms. The average molecular weight is 335 g/mol. The van der Waals surface area contributed by atoms with Gasteiger partial charge in [-0.2, -0.15) is 0 Å². The van der Waals surface area contributed by atoms with Crippen molar-refractivity contribution in [2.45, 2.75) is 38.1 Å². The monoisotopic (exact) mass is 335 g/mol. The number of nitrogens with one attached hydrogen (secondary N) is 1. The minimum Gasteiger partial charge on any atom is -0.497 e. The summed E-state index contributed by atoms with van der Waals surface area (Å²) in [5.74, 6) is -0.245. The van der Waals surface area contributed by atoms with Gasteiger partial charge in [0.25, 0.3) is 0 Å². The van der Waals surface area contributed by atoms with Gasteiger partial charge in [-0.15, -0.1) is 0 Å². The molecule has 0 bridgehead atoms. The molecule has 1 aliphatic carbocycles. The molecule has 0 amide bonds. The molecule has 132 valence electrons. The van der Waals surface area contributed by atoms with Crippen molar-refractivity contribution < 1.29 is 24.5 Å². The lowest BCUT2D eigenvalue weighted by molar-refractivity contribution is -0.159. The second-order valence-electron chi connectivity index (χ2n) is 6.45. The Morgan fingerprint density at radius 1 is 1.17 bits per heavy atom. The Morgan fingerprint density at radius 2 is 1.88 bits per heavy atom. The predicted molar refractivity (Wildman–Crippen MR) is 89.3 cm³/mol. The number of carboxylic acids is 2. The molecule has 3 N–H and O–H groups in total. The van der Waals surface area contributed by atoms with Crippen molar-refractivity contribution in [2.24, 2.45) is 11.8 Å². The summed E-state index contributed by atoms with van der Waals surface area (Å²) in [5.41, 5.74) is 1.47. The highest BCUT2D eigenvalue weighted by molar-refractivity contribution is 6.27. The fourth-order valence-electron chi connectivity index (χ4n) is 3.97. The molecular weight excluding hydrogens is 310 g/mol. The van der Waals surface area contributed by atoms with Crippen LogP contribution in [-0.2, 0) is 9.59 Å². The summed E-state index contributed by atoms with van der Waals surface area (Å²) in [6.07, 6.45) is 4.11. The van der Waals surface area contributed by atoms with Crippen molar-refractivity contribution in [3.63, 3.8) is 0 Å². The molecule has 0 radical (unpaired) electrons. The third-order valence-electron chi connectivity index (χ3n) is 5.14. The molecule has 1 aromatic carbocycles. The lowest BCUT2D eigenvalue weighted by Gasteiger charge is -2.35. The van der Waals surface area contributed by atoms with E-state index in [-0.39, 0.29) is 0 Å². The van der Waals surface area contributed by atoms with Gasteiger partial charge in [-0.3, -0.25) is 0 Å². The van der Waals surface area contributed by atoms with Crippen molar-refractivity contribution >= 4 is 11.9 Å². The highest BCUT2D eigenvalue weighted by atomic mass is 16.5. The summed E-state index contributed by atoms with van der Waals surface area (Å²) in [7, 11) is 1.75. The molecule has 0 spiro atoms. The van der Waals surface area contributed by atoms with Gasteiger partial charge in [-0.05, 0) is 61.8 Å². The summed E-state index contributed by atoms with van der Waals surface area (Å²) in [4.78, 5) is 18.2. The van der Waals surface area contributed by atoms with Gasteiger partial charge < -0.3 is 20.3 Å². The minimum absolute atomic E-state index is 0.698. The molecule has 1 heterocycles. The van der Waals surface area contributed by atoms with E-state index in [2.05, 4.69) is 30.4 Å². The highest BCUT2D eigenvalue weighted by Gasteiger charge is 2.40. The first-order valence-corrected chi connectivity index (χ1v) is 8.27. The molecule has 1 saturated carbocycles. The van der Waals surface area contributed by atoms with E-state index in [0.717, 1.165) is 23.5 Å². The quantitative estimate of drug-likeness (QED) is 0.718. The number of methoxy groups -OCH3 is 1. The van der Waals surface area contributed by atoms with E-state index in [1.807, 2.05) is 6.07 Å². The van der Waals surface area contributed by atoms with E-state index < -0.39 is 11.9 Å². The van der Waals surface area contributed by atoms with Crippen LogP contribution >= 0.6 is 0 Å². The van der Waals surface area contributed by atoms with Gasteiger partial charge in [-0.25, -0.2) is 9.59 Å². The summed E-state index contributed by atoms with van der Waals surface area (Å²) >= 11 is 0. The Bertz CT molecular complexity index is 577. The van der Waals surface area contributed by atoms with Crippen molar-refractivity contribution in [3.05, 3.63) is 29.8 Å². The fourth-order valence-corrected chi connectivity index (χ4v) is 3.97. The molecule has 2 aliphatic rings. The van der Waals surface area contributed by atoms with Gasteiger partial charge in [0.2, 0.25) is 0 Å². The van der Waals surface area contributed by atoms with E-state index in [1.165, 1.54) is 31.4 Å². The van der Waals surface area contributed by atoms with Gasteiger partial charge in [0.15, 0.2) is 0 Å². The van der Waals surface area contributed by atoms with E-state index in [1.54, 1.807) is 7.11 Å². The molecule has 2 fully saturated rings. The summed E-state index contributed by atoms with van der Waals surface area (Å²) in [6.45, 7) is 3.53. The zero-order chi connectivity index (χ0) is 17.7. The molecule has 1 aliphatic heterocycles. The molecule has 6 heteroatoms. The third kappa shape index (κ3) is 4.26. The van der Waals surface area contributed by atoms with Crippen molar-refractivity contribution in [1.29, 1.82) is 0 Å². The maximum absolute atomic E-state index is 9.10. The van der Waals surface area contributed by atoms with Crippen LogP contribution in [0.2, 0.25) is 0 Å². The smallest absolute Gasteiger partial charge is 0.414 e. The van der Waals surface area contributed by atoms with Crippen LogP contribution in [-0.4, -0.2) is 41.8 Å². The first kappa shape index (κ1) is 18.3. The molecule has 1 unspecified atom stereocenters. The van der Waals surface area contributed by atoms with Gasteiger partial charge >= 0.3 is 11.9 Å². The molecule has 0 aromatic heterocycles. The number of hydrogen-bond acceptors (Lipinski definition) is 4. The SMILES string of the molecule is COc1cccc([C@@H]2CCC[C@@H]3C(C)NC[C@@H]32)c1.O=C(O)C(=O)O. The number of benzene rings is 1. The zero-order valence-corrected chi connectivity index (χ0v) is 14.1. The molecule has 1 aromatic rings. The lowest BCUT2D eigenvalue weighted by atomic mass is 9.69. The highest BCUT2D eigenvalue weighted by Crippen LogP contribution is 2.45. The van der Waals surface area contributed by atoms with Crippen molar-refractivity contribution in [1.82, 2.24) is 5.32 Å². The normalized spacial score (nSPS) is 28.2. The van der Waals surface area contributed by atoms with Crippen molar-refractivity contribution in [2.75, 3.05) is 13.7 Å². The molecule has 1 saturated heterocycles. The number of aliphatic carboxylic acids is 2. The van der Waals surface area contributed by atoms with Gasteiger partial charge in [0.1, 0.15) is 5.75 Å². The number of carboxylic acid groups (broad SMARTS) is 2. The van der Waals surface area contributed by atoms with Crippen LogP contribution in [0, 0.1) is 11.8 Å². The van der Waals surface area contributed by atoms with Crippen LogP contribution in [0.1, 0.15) is 37.7 Å². The second-order valence-corrected chi connectivity index (χ2v) is 6.45. The number of ether oxygens (including phenoxy) is 1. The largest absolute Gasteiger partial charge is 0.497 e. The number of hydrogen-bond donors (Lipinski definition) is 3. The van der Waals surface area contributed by atoms with E-state index in [4.69, 9.17) is 24.5 Å². The fraction of sp³-hybridized carbons (Fsp3) is 0.556. The number of rotatable bonds is 2. The van der Waals surface area contributed by atoms with Crippen LogP contribution in [0.3, 0.4) is 0 Å². The molecule has 3 rings (SSSR count). The van der Waals surface area contributed by atoms with Crippen LogP contribution < -0.4 is 10.1 Å². The first-order valence-electron chi connectivity index (χ1n) is 8.27. The number of carbonyl (C=O) groups is 2. The van der Waals surface area contributed by atoms with Crippen LogP contribution in [0.25, 0.3) is 0 Å². The van der Waals surface area contributed by atoms with E-state index >= 15 is 0 Å². The maximum atomic E-state index is 9.10. The Hall–Kier alpha value is -2.08. The Kier molecular flexibility index (Phi) is 6.20.